The number of carboxylic acid groups (broad SMARTS) is 1. The van der Waals surface area contributed by atoms with Crippen molar-refractivity contribution in [3.05, 3.63) is 30.3 Å². The number of rotatable bonds is 7. The predicted octanol–water partition coefficient (Wildman–Crippen LogP) is 1.95. The minimum absolute atomic E-state index is 0.0192. The maximum absolute atomic E-state index is 10.4. The van der Waals surface area contributed by atoms with Gasteiger partial charge in [0.25, 0.3) is 0 Å². The minimum atomic E-state index is -0.850. The fraction of sp³-hybridized carbons (Fsp3) is 0.417. The van der Waals surface area contributed by atoms with Gasteiger partial charge in [-0.1, -0.05) is 18.2 Å². The third kappa shape index (κ3) is 5.36. The summed E-state index contributed by atoms with van der Waals surface area (Å²) in [5, 5.41) is 8.51. The zero-order chi connectivity index (χ0) is 11.8. The van der Waals surface area contributed by atoms with Gasteiger partial charge in [-0.2, -0.15) is 0 Å². The summed E-state index contributed by atoms with van der Waals surface area (Å²) in [6.45, 7) is 2.55. The van der Waals surface area contributed by atoms with Gasteiger partial charge < -0.3 is 14.6 Å². The van der Waals surface area contributed by atoms with Crippen LogP contribution in [0.2, 0.25) is 0 Å². The topological polar surface area (TPSA) is 55.8 Å². The molecule has 1 atom stereocenters. The Morgan fingerprint density at radius 3 is 2.62 bits per heavy atom. The Labute approximate surface area is 94.8 Å². The van der Waals surface area contributed by atoms with Gasteiger partial charge in [-0.05, 0) is 19.1 Å². The molecule has 0 bridgehead atoms. The van der Waals surface area contributed by atoms with E-state index in [9.17, 15) is 4.79 Å². The van der Waals surface area contributed by atoms with Crippen molar-refractivity contribution >= 4 is 5.97 Å². The van der Waals surface area contributed by atoms with Crippen LogP contribution in [0.4, 0.5) is 0 Å². The Kier molecular flexibility index (Phi) is 5.36. The quantitative estimate of drug-likeness (QED) is 0.719. The zero-order valence-electron chi connectivity index (χ0n) is 9.26. The van der Waals surface area contributed by atoms with Crippen LogP contribution in [0.5, 0.6) is 5.75 Å². The van der Waals surface area contributed by atoms with Crippen LogP contribution in [0, 0.1) is 0 Å². The summed E-state index contributed by atoms with van der Waals surface area (Å²) < 4.78 is 10.7. The first kappa shape index (κ1) is 12.5. The Balaban J connectivity index is 2.10. The SMILES string of the molecule is C[C@H](CC(=O)O)OCCOc1ccccc1. The van der Waals surface area contributed by atoms with Crippen LogP contribution in [0.25, 0.3) is 0 Å². The highest BCUT2D eigenvalue weighted by Gasteiger charge is 2.07. The molecule has 1 N–H and O–H groups in total. The van der Waals surface area contributed by atoms with Crippen molar-refractivity contribution < 1.29 is 19.4 Å². The smallest absolute Gasteiger partial charge is 0.305 e. The van der Waals surface area contributed by atoms with Crippen LogP contribution in [0.1, 0.15) is 13.3 Å². The summed E-state index contributed by atoms with van der Waals surface area (Å²) in [7, 11) is 0. The number of aliphatic carboxylic acids is 1. The lowest BCUT2D eigenvalue weighted by molar-refractivity contribution is -0.140. The van der Waals surface area contributed by atoms with E-state index in [1.807, 2.05) is 30.3 Å². The van der Waals surface area contributed by atoms with Gasteiger partial charge in [0.05, 0.1) is 19.1 Å². The van der Waals surface area contributed by atoms with E-state index in [1.54, 1.807) is 6.92 Å². The van der Waals surface area contributed by atoms with E-state index in [1.165, 1.54) is 0 Å². The van der Waals surface area contributed by atoms with Gasteiger partial charge in [-0.25, -0.2) is 0 Å². The maximum atomic E-state index is 10.4. The molecule has 0 aliphatic rings. The lowest BCUT2D eigenvalue weighted by Gasteiger charge is -2.11. The molecule has 0 amide bonds. The van der Waals surface area contributed by atoms with Crippen molar-refractivity contribution in [2.24, 2.45) is 0 Å². The van der Waals surface area contributed by atoms with E-state index in [2.05, 4.69) is 0 Å². The zero-order valence-corrected chi connectivity index (χ0v) is 9.26. The second-order valence-corrected chi connectivity index (χ2v) is 3.44. The summed E-state index contributed by atoms with van der Waals surface area (Å²) in [6, 6.07) is 9.42. The minimum Gasteiger partial charge on any atom is -0.491 e. The number of hydrogen-bond acceptors (Lipinski definition) is 3. The molecule has 0 spiro atoms. The normalized spacial score (nSPS) is 12.1. The predicted molar refractivity (Wildman–Crippen MR) is 59.6 cm³/mol. The first-order valence-electron chi connectivity index (χ1n) is 5.19. The van der Waals surface area contributed by atoms with Crippen molar-refractivity contribution in [3.63, 3.8) is 0 Å². The monoisotopic (exact) mass is 224 g/mol. The Morgan fingerprint density at radius 1 is 1.31 bits per heavy atom. The van der Waals surface area contributed by atoms with Crippen LogP contribution in [-0.4, -0.2) is 30.4 Å². The molecule has 0 saturated heterocycles. The van der Waals surface area contributed by atoms with Crippen LogP contribution in [-0.2, 0) is 9.53 Å². The Bertz CT molecular complexity index is 310. The maximum Gasteiger partial charge on any atom is 0.305 e. The number of carboxylic acids is 1. The van der Waals surface area contributed by atoms with Gasteiger partial charge in [0.1, 0.15) is 12.4 Å². The first-order chi connectivity index (χ1) is 7.68. The van der Waals surface area contributed by atoms with Gasteiger partial charge >= 0.3 is 5.97 Å². The average Bonchev–Trinajstić information content (AvgIpc) is 2.25. The second kappa shape index (κ2) is 6.85. The van der Waals surface area contributed by atoms with Gasteiger partial charge in [-0.3, -0.25) is 4.79 Å². The van der Waals surface area contributed by atoms with E-state index in [0.717, 1.165) is 5.75 Å². The van der Waals surface area contributed by atoms with E-state index in [-0.39, 0.29) is 12.5 Å². The van der Waals surface area contributed by atoms with E-state index < -0.39 is 5.97 Å². The molecule has 0 radical (unpaired) electrons. The highest BCUT2D eigenvalue weighted by atomic mass is 16.5. The van der Waals surface area contributed by atoms with E-state index >= 15 is 0 Å². The van der Waals surface area contributed by atoms with Crippen molar-refractivity contribution in [1.29, 1.82) is 0 Å². The summed E-state index contributed by atoms with van der Waals surface area (Å²) >= 11 is 0. The van der Waals surface area contributed by atoms with Gasteiger partial charge in [0.15, 0.2) is 0 Å². The fourth-order valence-electron chi connectivity index (χ4n) is 1.23. The lowest BCUT2D eigenvalue weighted by Crippen LogP contribution is -2.17. The summed E-state index contributed by atoms with van der Waals surface area (Å²) in [5.41, 5.74) is 0. The molecule has 0 aliphatic carbocycles. The summed E-state index contributed by atoms with van der Waals surface area (Å²) in [5.74, 6) is -0.0616. The second-order valence-electron chi connectivity index (χ2n) is 3.44. The number of benzene rings is 1. The molecular formula is C12H16O4. The summed E-state index contributed by atoms with van der Waals surface area (Å²) in [4.78, 5) is 10.4. The molecule has 16 heavy (non-hydrogen) atoms. The largest absolute Gasteiger partial charge is 0.491 e. The number of para-hydroxylation sites is 1. The molecule has 4 nitrogen and oxygen atoms in total. The molecule has 0 unspecified atom stereocenters. The van der Waals surface area contributed by atoms with Gasteiger partial charge in [-0.15, -0.1) is 0 Å². The standard InChI is InChI=1S/C12H16O4/c1-10(9-12(13)14)15-7-8-16-11-5-3-2-4-6-11/h2-6,10H,7-9H2,1H3,(H,13,14)/t10-/m1/s1. The van der Waals surface area contributed by atoms with Crippen molar-refractivity contribution in [2.75, 3.05) is 13.2 Å². The first-order valence-corrected chi connectivity index (χ1v) is 5.19. The van der Waals surface area contributed by atoms with Crippen LogP contribution in [0.3, 0.4) is 0 Å². The van der Waals surface area contributed by atoms with E-state index in [4.69, 9.17) is 14.6 Å². The number of carbonyl (C=O) groups is 1. The molecule has 1 aromatic rings. The highest BCUT2D eigenvalue weighted by molar-refractivity contribution is 5.67. The molecule has 0 heterocycles. The van der Waals surface area contributed by atoms with Crippen LogP contribution >= 0.6 is 0 Å². The summed E-state index contributed by atoms with van der Waals surface area (Å²) in [6.07, 6.45) is -0.261. The third-order valence-electron chi connectivity index (χ3n) is 1.96. The molecular weight excluding hydrogens is 208 g/mol. The van der Waals surface area contributed by atoms with Gasteiger partial charge in [0, 0.05) is 0 Å². The molecule has 0 saturated carbocycles. The molecule has 0 fully saturated rings. The highest BCUT2D eigenvalue weighted by Crippen LogP contribution is 2.07. The Hall–Kier alpha value is -1.55. The van der Waals surface area contributed by atoms with Crippen molar-refractivity contribution in [2.45, 2.75) is 19.4 Å². The molecule has 1 aromatic carbocycles. The van der Waals surface area contributed by atoms with Gasteiger partial charge in [0.2, 0.25) is 0 Å². The van der Waals surface area contributed by atoms with Crippen LogP contribution < -0.4 is 4.74 Å². The fourth-order valence-corrected chi connectivity index (χ4v) is 1.23. The molecule has 1 rings (SSSR count). The molecule has 0 aliphatic heterocycles. The third-order valence-corrected chi connectivity index (χ3v) is 1.96. The molecule has 88 valence electrons. The van der Waals surface area contributed by atoms with Crippen molar-refractivity contribution in [1.82, 2.24) is 0 Å². The number of hydrogen-bond donors (Lipinski definition) is 1. The molecule has 4 heteroatoms. The lowest BCUT2D eigenvalue weighted by atomic mass is 10.3. The van der Waals surface area contributed by atoms with E-state index in [0.29, 0.717) is 13.2 Å². The number of ether oxygens (including phenoxy) is 2. The average molecular weight is 224 g/mol. The molecule has 0 aromatic heterocycles. The van der Waals surface area contributed by atoms with Crippen LogP contribution in [0.15, 0.2) is 30.3 Å². The Morgan fingerprint density at radius 2 is 2.00 bits per heavy atom. The van der Waals surface area contributed by atoms with Crippen molar-refractivity contribution in [3.8, 4) is 5.75 Å².